The number of hydrogen-bond acceptors (Lipinski definition) is 4. The van der Waals surface area contributed by atoms with Crippen LogP contribution in [0.15, 0.2) is 24.3 Å². The SMILES string of the molecule is COC[C@@H](O)CNCC(=O)N1CCc2ccccc2C1C. The lowest BCUT2D eigenvalue weighted by Crippen LogP contribution is -2.44. The van der Waals surface area contributed by atoms with Crippen LogP contribution in [-0.2, 0) is 16.0 Å². The number of benzene rings is 1. The van der Waals surface area contributed by atoms with E-state index in [-0.39, 0.29) is 25.1 Å². The Labute approximate surface area is 125 Å². The van der Waals surface area contributed by atoms with Crippen LogP contribution in [0.3, 0.4) is 0 Å². The average molecular weight is 292 g/mol. The molecular formula is C16H24N2O3. The Hall–Kier alpha value is -1.43. The third-order valence-electron chi connectivity index (χ3n) is 3.93. The lowest BCUT2D eigenvalue weighted by molar-refractivity contribution is -0.132. The van der Waals surface area contributed by atoms with Crippen molar-refractivity contribution in [2.45, 2.75) is 25.5 Å². The predicted octanol–water partition coefficient (Wildman–Crippen LogP) is 0.729. The highest BCUT2D eigenvalue weighted by atomic mass is 16.5. The zero-order chi connectivity index (χ0) is 15.2. The average Bonchev–Trinajstić information content (AvgIpc) is 2.48. The second kappa shape index (κ2) is 7.54. The molecule has 0 fully saturated rings. The van der Waals surface area contributed by atoms with Gasteiger partial charge in [-0.3, -0.25) is 4.79 Å². The second-order valence-corrected chi connectivity index (χ2v) is 5.45. The molecule has 0 radical (unpaired) electrons. The van der Waals surface area contributed by atoms with E-state index in [0.29, 0.717) is 6.54 Å². The van der Waals surface area contributed by atoms with Crippen LogP contribution in [0.4, 0.5) is 0 Å². The number of fused-ring (bicyclic) bond motifs is 1. The van der Waals surface area contributed by atoms with Gasteiger partial charge >= 0.3 is 0 Å². The number of rotatable bonds is 6. The summed E-state index contributed by atoms with van der Waals surface area (Å²) < 4.78 is 4.85. The summed E-state index contributed by atoms with van der Waals surface area (Å²) in [6.07, 6.45) is 0.320. The molecule has 1 unspecified atom stereocenters. The maximum absolute atomic E-state index is 12.3. The van der Waals surface area contributed by atoms with Crippen LogP contribution in [0.2, 0.25) is 0 Å². The zero-order valence-corrected chi connectivity index (χ0v) is 12.7. The van der Waals surface area contributed by atoms with Crippen LogP contribution in [0.5, 0.6) is 0 Å². The van der Waals surface area contributed by atoms with E-state index in [1.165, 1.54) is 11.1 Å². The van der Waals surface area contributed by atoms with Crippen molar-refractivity contribution < 1.29 is 14.6 Å². The molecule has 116 valence electrons. The lowest BCUT2D eigenvalue weighted by atomic mass is 9.93. The molecule has 0 saturated heterocycles. The maximum atomic E-state index is 12.3. The number of carbonyl (C=O) groups excluding carboxylic acids is 1. The number of ether oxygens (including phenoxy) is 1. The first-order chi connectivity index (χ1) is 10.1. The van der Waals surface area contributed by atoms with Gasteiger partial charge in [0.1, 0.15) is 0 Å². The molecular weight excluding hydrogens is 268 g/mol. The number of hydrogen-bond donors (Lipinski definition) is 2. The molecule has 2 rings (SSSR count). The van der Waals surface area contributed by atoms with E-state index in [9.17, 15) is 9.90 Å². The van der Waals surface area contributed by atoms with Crippen LogP contribution in [0.25, 0.3) is 0 Å². The quantitative estimate of drug-likeness (QED) is 0.811. The van der Waals surface area contributed by atoms with Gasteiger partial charge in [-0.1, -0.05) is 24.3 Å². The highest BCUT2D eigenvalue weighted by Gasteiger charge is 2.26. The molecule has 21 heavy (non-hydrogen) atoms. The van der Waals surface area contributed by atoms with Crippen LogP contribution in [-0.4, -0.2) is 55.4 Å². The molecule has 5 nitrogen and oxygen atoms in total. The molecule has 2 atom stereocenters. The molecule has 0 spiro atoms. The van der Waals surface area contributed by atoms with Crippen molar-refractivity contribution in [3.8, 4) is 0 Å². The van der Waals surface area contributed by atoms with Gasteiger partial charge in [-0.25, -0.2) is 0 Å². The van der Waals surface area contributed by atoms with E-state index in [2.05, 4.69) is 24.4 Å². The number of nitrogens with zero attached hydrogens (tertiary/aromatic N) is 1. The van der Waals surface area contributed by atoms with E-state index in [1.54, 1.807) is 7.11 Å². The molecule has 1 aromatic carbocycles. The first-order valence-corrected chi connectivity index (χ1v) is 7.38. The number of aliphatic hydroxyl groups excluding tert-OH is 1. The highest BCUT2D eigenvalue weighted by molar-refractivity contribution is 5.79. The monoisotopic (exact) mass is 292 g/mol. The van der Waals surface area contributed by atoms with Crippen LogP contribution in [0.1, 0.15) is 24.1 Å². The van der Waals surface area contributed by atoms with Gasteiger partial charge in [0.05, 0.1) is 25.3 Å². The first kappa shape index (κ1) is 15.9. The van der Waals surface area contributed by atoms with Gasteiger partial charge in [-0.05, 0) is 24.5 Å². The standard InChI is InChI=1S/C16H24N2O3/c1-12-15-6-4-3-5-13(15)7-8-18(12)16(20)10-17-9-14(19)11-21-2/h3-6,12,14,17,19H,7-11H2,1-2H3/t12?,14-/m0/s1. The van der Waals surface area contributed by atoms with Crippen LogP contribution in [0, 0.1) is 0 Å². The summed E-state index contributed by atoms with van der Waals surface area (Å²) in [4.78, 5) is 14.2. The summed E-state index contributed by atoms with van der Waals surface area (Å²) in [5, 5.41) is 12.5. The smallest absolute Gasteiger partial charge is 0.237 e. The van der Waals surface area contributed by atoms with Crippen molar-refractivity contribution in [3.05, 3.63) is 35.4 Å². The van der Waals surface area contributed by atoms with Crippen molar-refractivity contribution in [3.63, 3.8) is 0 Å². The van der Waals surface area contributed by atoms with Crippen molar-refractivity contribution in [2.24, 2.45) is 0 Å². The van der Waals surface area contributed by atoms with Crippen molar-refractivity contribution in [2.75, 3.05) is 33.4 Å². The maximum Gasteiger partial charge on any atom is 0.237 e. The molecule has 0 aliphatic carbocycles. The summed E-state index contributed by atoms with van der Waals surface area (Å²) in [5.41, 5.74) is 2.56. The summed E-state index contributed by atoms with van der Waals surface area (Å²) in [6, 6.07) is 8.39. The Morgan fingerprint density at radius 1 is 1.52 bits per heavy atom. The fourth-order valence-electron chi connectivity index (χ4n) is 2.81. The molecule has 0 saturated carbocycles. The van der Waals surface area contributed by atoms with Gasteiger partial charge in [0.25, 0.3) is 0 Å². The van der Waals surface area contributed by atoms with Gasteiger partial charge in [-0.2, -0.15) is 0 Å². The Bertz CT molecular complexity index is 478. The summed E-state index contributed by atoms with van der Waals surface area (Å²) in [5.74, 6) is 0.0709. The van der Waals surface area contributed by atoms with E-state index in [1.807, 2.05) is 17.0 Å². The summed E-state index contributed by atoms with van der Waals surface area (Å²) in [7, 11) is 1.54. The molecule has 5 heteroatoms. The highest BCUT2D eigenvalue weighted by Crippen LogP contribution is 2.28. The van der Waals surface area contributed by atoms with Crippen LogP contribution >= 0.6 is 0 Å². The summed E-state index contributed by atoms with van der Waals surface area (Å²) >= 11 is 0. The van der Waals surface area contributed by atoms with Crippen LogP contribution < -0.4 is 5.32 Å². The van der Waals surface area contributed by atoms with Crippen molar-refractivity contribution in [1.29, 1.82) is 0 Å². The Kier molecular flexibility index (Phi) is 5.73. The largest absolute Gasteiger partial charge is 0.389 e. The van der Waals surface area contributed by atoms with E-state index >= 15 is 0 Å². The number of amides is 1. The Morgan fingerprint density at radius 2 is 2.29 bits per heavy atom. The molecule has 1 aliphatic rings. The molecule has 0 aromatic heterocycles. The van der Waals surface area contributed by atoms with E-state index in [4.69, 9.17) is 4.74 Å². The Morgan fingerprint density at radius 3 is 3.05 bits per heavy atom. The normalized spacial score (nSPS) is 19.2. The minimum Gasteiger partial charge on any atom is -0.389 e. The minimum atomic E-state index is -0.581. The molecule has 0 bridgehead atoms. The molecule has 1 aliphatic heterocycles. The number of methoxy groups -OCH3 is 1. The predicted molar refractivity (Wildman–Crippen MR) is 81.0 cm³/mol. The fraction of sp³-hybridized carbons (Fsp3) is 0.562. The first-order valence-electron chi connectivity index (χ1n) is 7.38. The van der Waals surface area contributed by atoms with Gasteiger partial charge < -0.3 is 20.1 Å². The molecule has 1 aromatic rings. The molecule has 1 heterocycles. The number of nitrogens with one attached hydrogen (secondary N) is 1. The zero-order valence-electron chi connectivity index (χ0n) is 12.7. The third kappa shape index (κ3) is 4.03. The topological polar surface area (TPSA) is 61.8 Å². The van der Waals surface area contributed by atoms with E-state index in [0.717, 1.165) is 13.0 Å². The van der Waals surface area contributed by atoms with Crippen molar-refractivity contribution >= 4 is 5.91 Å². The minimum absolute atomic E-state index is 0.0709. The van der Waals surface area contributed by atoms with Crippen molar-refractivity contribution in [1.82, 2.24) is 10.2 Å². The third-order valence-corrected chi connectivity index (χ3v) is 3.93. The second-order valence-electron chi connectivity index (χ2n) is 5.45. The van der Waals surface area contributed by atoms with Gasteiger partial charge in [0, 0.05) is 20.2 Å². The number of aliphatic hydroxyl groups is 1. The number of carbonyl (C=O) groups is 1. The summed E-state index contributed by atoms with van der Waals surface area (Å²) in [6.45, 7) is 3.69. The van der Waals surface area contributed by atoms with Gasteiger partial charge in [-0.15, -0.1) is 0 Å². The molecule has 2 N–H and O–H groups in total. The van der Waals surface area contributed by atoms with Gasteiger partial charge in [0.15, 0.2) is 0 Å². The molecule has 1 amide bonds. The van der Waals surface area contributed by atoms with E-state index < -0.39 is 6.10 Å². The lowest BCUT2D eigenvalue weighted by Gasteiger charge is -2.35. The fourth-order valence-corrected chi connectivity index (χ4v) is 2.81. The Balaban J connectivity index is 1.87. The van der Waals surface area contributed by atoms with Gasteiger partial charge in [0.2, 0.25) is 5.91 Å².